The summed E-state index contributed by atoms with van der Waals surface area (Å²) in [6.45, 7) is 3.68. The summed E-state index contributed by atoms with van der Waals surface area (Å²) in [5.74, 6) is -5.13. The van der Waals surface area contributed by atoms with Crippen LogP contribution in [0.4, 0.5) is 11.4 Å². The Morgan fingerprint density at radius 1 is 0.588 bits per heavy atom. The molecule has 3 aliphatic carbocycles. The van der Waals surface area contributed by atoms with Gasteiger partial charge in [-0.2, -0.15) is 0 Å². The molecular weight excluding hydrogens is 475 g/mol. The smallest absolute Gasteiger partial charge is 0.238 e. The zero-order valence-corrected chi connectivity index (χ0v) is 19.9. The lowest BCUT2D eigenvalue weighted by atomic mass is 9.54. The molecule has 2 aromatic rings. The average Bonchev–Trinajstić information content (AvgIpc) is 3.25. The van der Waals surface area contributed by atoms with Gasteiger partial charge in [0.05, 0.1) is 35.0 Å². The number of carbonyl (C=O) groups is 4. The number of nitrogens with zero attached hydrogens (tertiary/aromatic N) is 2. The van der Waals surface area contributed by atoms with Crippen molar-refractivity contribution in [3.05, 3.63) is 69.7 Å². The van der Waals surface area contributed by atoms with Crippen LogP contribution < -0.4 is 9.80 Å². The summed E-state index contributed by atoms with van der Waals surface area (Å²) in [5, 5.41) is 0.924. The van der Waals surface area contributed by atoms with Crippen molar-refractivity contribution in [3.63, 3.8) is 0 Å². The molecule has 0 radical (unpaired) electrons. The van der Waals surface area contributed by atoms with Crippen molar-refractivity contribution in [1.29, 1.82) is 0 Å². The number of aryl methyl sites for hydroxylation is 2. The Balaban J connectivity index is 1.39. The largest absolute Gasteiger partial charge is 0.274 e. The molecule has 8 heteroatoms. The highest BCUT2D eigenvalue weighted by Gasteiger charge is 2.68. The maximum Gasteiger partial charge on any atom is 0.238 e. The van der Waals surface area contributed by atoms with Gasteiger partial charge < -0.3 is 0 Å². The molecule has 6 atom stereocenters. The fourth-order valence-electron chi connectivity index (χ4n) is 6.18. The van der Waals surface area contributed by atoms with Crippen LogP contribution in [0.3, 0.4) is 0 Å². The van der Waals surface area contributed by atoms with Crippen molar-refractivity contribution in [2.24, 2.45) is 35.5 Å². The van der Waals surface area contributed by atoms with Crippen molar-refractivity contribution in [3.8, 4) is 0 Å². The van der Waals surface area contributed by atoms with E-state index < -0.39 is 35.5 Å². The Bertz CT molecular complexity index is 1210. The Morgan fingerprint density at radius 2 is 0.912 bits per heavy atom. The molecule has 2 unspecified atom stereocenters. The number of imide groups is 2. The van der Waals surface area contributed by atoms with Gasteiger partial charge in [-0.3, -0.25) is 19.2 Å². The van der Waals surface area contributed by atoms with E-state index in [1.807, 2.05) is 26.0 Å². The Morgan fingerprint density at radius 3 is 1.21 bits per heavy atom. The van der Waals surface area contributed by atoms with Gasteiger partial charge in [-0.15, -0.1) is 0 Å². The predicted molar refractivity (Wildman–Crippen MR) is 127 cm³/mol. The molecule has 2 heterocycles. The molecule has 34 heavy (non-hydrogen) atoms. The highest BCUT2D eigenvalue weighted by Crippen LogP contribution is 2.58. The summed E-state index contributed by atoms with van der Waals surface area (Å²) < 4.78 is 0. The zero-order chi connectivity index (χ0) is 24.0. The maximum absolute atomic E-state index is 13.5. The predicted octanol–water partition coefficient (Wildman–Crippen LogP) is 4.34. The van der Waals surface area contributed by atoms with Crippen LogP contribution in [-0.2, 0) is 19.2 Å². The van der Waals surface area contributed by atoms with E-state index in [0.717, 1.165) is 11.1 Å². The first kappa shape index (κ1) is 21.6. The third-order valence-corrected chi connectivity index (χ3v) is 8.65. The van der Waals surface area contributed by atoms with Gasteiger partial charge in [0.15, 0.2) is 0 Å². The van der Waals surface area contributed by atoms with Crippen LogP contribution >= 0.6 is 23.2 Å². The molecule has 0 aromatic heterocycles. The molecule has 2 aliphatic heterocycles. The summed E-state index contributed by atoms with van der Waals surface area (Å²) in [7, 11) is 0. The van der Waals surface area contributed by atoms with Crippen LogP contribution in [0.1, 0.15) is 11.1 Å². The standard InChI is InChI=1S/C26H20Cl2N2O4/c1-11-3-5-13(9-17(11)27)29-23(31)19-15-7-8-16(20(19)24(29)32)22-21(15)25(33)30(26(22)34)14-6-4-12(2)18(28)10-14/h3-10,15-16,19-22H,1-2H3/t15?,16?,19-,20-,21-,22+/m0/s1. The molecule has 0 N–H and O–H groups in total. The van der Waals surface area contributed by atoms with Gasteiger partial charge in [0, 0.05) is 21.9 Å². The van der Waals surface area contributed by atoms with Crippen LogP contribution in [-0.4, -0.2) is 23.6 Å². The van der Waals surface area contributed by atoms with Crippen molar-refractivity contribution in [1.82, 2.24) is 0 Å². The number of amides is 4. The number of rotatable bonds is 2. The minimum Gasteiger partial charge on any atom is -0.274 e. The summed E-state index contributed by atoms with van der Waals surface area (Å²) in [4.78, 5) is 56.6. The van der Waals surface area contributed by atoms with Gasteiger partial charge in [0.2, 0.25) is 23.6 Å². The highest BCUT2D eigenvalue weighted by atomic mass is 35.5. The average molecular weight is 495 g/mol. The molecule has 2 saturated heterocycles. The molecule has 1 saturated carbocycles. The molecule has 2 bridgehead atoms. The summed E-state index contributed by atoms with van der Waals surface area (Å²) >= 11 is 12.5. The molecule has 172 valence electrons. The number of hydrogen-bond acceptors (Lipinski definition) is 4. The van der Waals surface area contributed by atoms with Crippen LogP contribution in [0.2, 0.25) is 10.0 Å². The molecule has 0 spiro atoms. The number of allylic oxidation sites excluding steroid dienone is 2. The SMILES string of the molecule is Cc1ccc(N2C(=O)[C@@H]3C4C=CC([C@@H]3C2=O)[C@@H]2C(=O)N(c3ccc(C)c(Cl)c3)C(=O)[C@@H]42)cc1Cl. The molecule has 2 aromatic carbocycles. The van der Waals surface area contributed by atoms with E-state index in [9.17, 15) is 19.2 Å². The molecule has 7 rings (SSSR count). The highest BCUT2D eigenvalue weighted by molar-refractivity contribution is 6.33. The van der Waals surface area contributed by atoms with E-state index >= 15 is 0 Å². The van der Waals surface area contributed by atoms with E-state index in [1.54, 1.807) is 36.4 Å². The Labute approximate surface area is 206 Å². The molecule has 6 nitrogen and oxygen atoms in total. The minimum absolute atomic E-state index is 0.343. The number of anilines is 2. The summed E-state index contributed by atoms with van der Waals surface area (Å²) in [6.07, 6.45) is 3.70. The third kappa shape index (κ3) is 2.70. The number of hydrogen-bond donors (Lipinski definition) is 0. The zero-order valence-electron chi connectivity index (χ0n) is 18.4. The fraction of sp³-hybridized carbons (Fsp3) is 0.308. The quantitative estimate of drug-likeness (QED) is 0.459. The second-order valence-corrected chi connectivity index (χ2v) is 10.3. The Kier molecular flexibility index (Phi) is 4.61. The van der Waals surface area contributed by atoms with Gasteiger partial charge in [-0.05, 0) is 49.2 Å². The van der Waals surface area contributed by atoms with Gasteiger partial charge in [0.25, 0.3) is 0 Å². The summed E-state index contributed by atoms with van der Waals surface area (Å²) in [6, 6.07) is 10.1. The van der Waals surface area contributed by atoms with Crippen molar-refractivity contribution >= 4 is 58.2 Å². The maximum atomic E-state index is 13.5. The van der Waals surface area contributed by atoms with Gasteiger partial charge in [-0.25, -0.2) is 9.80 Å². The number of benzene rings is 2. The molecule has 4 amide bonds. The molecule has 3 fully saturated rings. The number of halogens is 2. The lowest BCUT2D eigenvalue weighted by Gasteiger charge is -2.44. The second-order valence-electron chi connectivity index (χ2n) is 9.53. The van der Waals surface area contributed by atoms with E-state index in [4.69, 9.17) is 23.2 Å². The first-order valence-corrected chi connectivity index (χ1v) is 11.9. The number of carbonyl (C=O) groups excluding carboxylic acids is 4. The normalized spacial score (nSPS) is 31.5. The van der Waals surface area contributed by atoms with E-state index in [2.05, 4.69) is 0 Å². The van der Waals surface area contributed by atoms with Crippen LogP contribution in [0.5, 0.6) is 0 Å². The van der Waals surface area contributed by atoms with Gasteiger partial charge >= 0.3 is 0 Å². The van der Waals surface area contributed by atoms with Gasteiger partial charge in [-0.1, -0.05) is 47.5 Å². The van der Waals surface area contributed by atoms with E-state index in [0.29, 0.717) is 21.4 Å². The van der Waals surface area contributed by atoms with Gasteiger partial charge in [0.1, 0.15) is 0 Å². The van der Waals surface area contributed by atoms with Crippen LogP contribution in [0, 0.1) is 49.4 Å². The fourth-order valence-corrected chi connectivity index (χ4v) is 6.53. The third-order valence-electron chi connectivity index (χ3n) is 7.84. The molecular formula is C26H20Cl2N2O4. The second kappa shape index (κ2) is 7.27. The summed E-state index contributed by atoms with van der Waals surface area (Å²) in [5.41, 5.74) is 2.51. The van der Waals surface area contributed by atoms with E-state index in [1.165, 1.54) is 9.80 Å². The Hall–Kier alpha value is -2.96. The van der Waals surface area contributed by atoms with Crippen LogP contribution in [0.25, 0.3) is 0 Å². The van der Waals surface area contributed by atoms with E-state index in [-0.39, 0.29) is 23.6 Å². The van der Waals surface area contributed by atoms with Crippen molar-refractivity contribution in [2.45, 2.75) is 13.8 Å². The topological polar surface area (TPSA) is 74.8 Å². The minimum atomic E-state index is -0.679. The monoisotopic (exact) mass is 494 g/mol. The van der Waals surface area contributed by atoms with Crippen molar-refractivity contribution < 1.29 is 19.2 Å². The first-order chi connectivity index (χ1) is 16.2. The lowest BCUT2D eigenvalue weighted by molar-refractivity contribution is -0.137. The van der Waals surface area contributed by atoms with Crippen LogP contribution in [0.15, 0.2) is 48.6 Å². The van der Waals surface area contributed by atoms with Crippen molar-refractivity contribution in [2.75, 3.05) is 9.80 Å². The lowest BCUT2D eigenvalue weighted by Crippen LogP contribution is -2.50. The first-order valence-electron chi connectivity index (χ1n) is 11.2. The molecule has 5 aliphatic rings.